The predicted octanol–water partition coefficient (Wildman–Crippen LogP) is 2.44. The summed E-state index contributed by atoms with van der Waals surface area (Å²) in [6.45, 7) is 3.20. The molecule has 0 radical (unpaired) electrons. The van der Waals surface area contributed by atoms with Crippen LogP contribution in [-0.2, 0) is 6.54 Å². The molecule has 0 bridgehead atoms. The summed E-state index contributed by atoms with van der Waals surface area (Å²) in [6, 6.07) is 11.2. The first-order valence-corrected chi connectivity index (χ1v) is 7.31. The van der Waals surface area contributed by atoms with Gasteiger partial charge in [-0.3, -0.25) is 4.68 Å². The van der Waals surface area contributed by atoms with Gasteiger partial charge in [0.2, 0.25) is 0 Å². The van der Waals surface area contributed by atoms with Gasteiger partial charge in [0.1, 0.15) is 0 Å². The lowest BCUT2D eigenvalue weighted by atomic mass is 10.0. The van der Waals surface area contributed by atoms with Gasteiger partial charge in [-0.1, -0.05) is 12.1 Å². The van der Waals surface area contributed by atoms with E-state index in [1.54, 1.807) is 0 Å². The maximum absolute atomic E-state index is 4.26. The van der Waals surface area contributed by atoms with E-state index in [9.17, 15) is 0 Å². The second kappa shape index (κ2) is 6.09. The summed E-state index contributed by atoms with van der Waals surface area (Å²) in [5.74, 6) is 0. The average Bonchev–Trinajstić information content (AvgIpc) is 2.95. The minimum atomic E-state index is 0.603. The van der Waals surface area contributed by atoms with Crippen molar-refractivity contribution in [3.05, 3.63) is 48.3 Å². The van der Waals surface area contributed by atoms with E-state index in [1.165, 1.54) is 37.2 Å². The molecule has 1 fully saturated rings. The van der Waals surface area contributed by atoms with Gasteiger partial charge in [-0.15, -0.1) is 0 Å². The fraction of sp³-hybridized carbons (Fsp3) is 0.438. The Hall–Kier alpha value is -1.81. The molecule has 1 aromatic heterocycles. The van der Waals surface area contributed by atoms with Crippen LogP contribution in [0.15, 0.2) is 42.7 Å². The van der Waals surface area contributed by atoms with Gasteiger partial charge < -0.3 is 10.2 Å². The van der Waals surface area contributed by atoms with Crippen molar-refractivity contribution in [2.24, 2.45) is 0 Å². The van der Waals surface area contributed by atoms with Crippen molar-refractivity contribution < 1.29 is 0 Å². The van der Waals surface area contributed by atoms with E-state index in [0.717, 1.165) is 6.54 Å². The zero-order valence-electron chi connectivity index (χ0n) is 12.0. The number of hydrogen-bond donors (Lipinski definition) is 1. The summed E-state index contributed by atoms with van der Waals surface area (Å²) in [4.78, 5) is 2.40. The molecular weight excluding hydrogens is 248 g/mol. The molecule has 3 rings (SSSR count). The van der Waals surface area contributed by atoms with E-state index < -0.39 is 0 Å². The van der Waals surface area contributed by atoms with Crippen molar-refractivity contribution >= 4 is 5.69 Å². The molecule has 1 aliphatic rings. The lowest BCUT2D eigenvalue weighted by Crippen LogP contribution is -2.36. The Bertz CT molecular complexity index is 527. The van der Waals surface area contributed by atoms with E-state index in [2.05, 4.69) is 46.6 Å². The molecule has 4 heteroatoms. The minimum Gasteiger partial charge on any atom is -0.382 e. The molecule has 0 aliphatic carbocycles. The molecule has 0 amide bonds. The van der Waals surface area contributed by atoms with Crippen LogP contribution in [0.1, 0.15) is 18.4 Å². The summed E-state index contributed by atoms with van der Waals surface area (Å²) >= 11 is 0. The molecule has 0 unspecified atom stereocenters. The standard InChI is InChI=1S/C16H22N4/c1-19-10-6-15(7-11-19)18-16-5-2-4-14(12-16)13-20-9-3-8-17-20/h2-5,8-9,12,15,18H,6-7,10-11,13H2,1H3. The van der Waals surface area contributed by atoms with Crippen molar-refractivity contribution in [3.63, 3.8) is 0 Å². The van der Waals surface area contributed by atoms with E-state index >= 15 is 0 Å². The zero-order valence-corrected chi connectivity index (χ0v) is 12.0. The number of benzene rings is 1. The summed E-state index contributed by atoms with van der Waals surface area (Å²) in [5, 5.41) is 7.92. The molecule has 106 valence electrons. The molecule has 0 atom stereocenters. The van der Waals surface area contributed by atoms with Gasteiger partial charge in [-0.25, -0.2) is 0 Å². The van der Waals surface area contributed by atoms with Crippen LogP contribution in [-0.4, -0.2) is 40.9 Å². The highest BCUT2D eigenvalue weighted by atomic mass is 15.3. The Morgan fingerprint density at radius 2 is 2.10 bits per heavy atom. The maximum Gasteiger partial charge on any atom is 0.0660 e. The van der Waals surface area contributed by atoms with Crippen molar-refractivity contribution in [1.82, 2.24) is 14.7 Å². The first-order chi connectivity index (χ1) is 9.79. The van der Waals surface area contributed by atoms with Crippen LogP contribution in [0.25, 0.3) is 0 Å². The van der Waals surface area contributed by atoms with Crippen LogP contribution < -0.4 is 5.32 Å². The molecule has 1 N–H and O–H groups in total. The molecule has 1 saturated heterocycles. The number of anilines is 1. The summed E-state index contributed by atoms with van der Waals surface area (Å²) in [6.07, 6.45) is 6.26. The third-order valence-corrected chi connectivity index (χ3v) is 3.92. The summed E-state index contributed by atoms with van der Waals surface area (Å²) in [7, 11) is 2.20. The number of hydrogen-bond acceptors (Lipinski definition) is 3. The molecule has 0 spiro atoms. The van der Waals surface area contributed by atoms with E-state index in [0.29, 0.717) is 6.04 Å². The van der Waals surface area contributed by atoms with Crippen LogP contribution in [0.4, 0.5) is 5.69 Å². The molecule has 4 nitrogen and oxygen atoms in total. The van der Waals surface area contributed by atoms with E-state index in [-0.39, 0.29) is 0 Å². The Labute approximate surface area is 120 Å². The van der Waals surface area contributed by atoms with Gasteiger partial charge in [-0.05, 0) is 56.7 Å². The van der Waals surface area contributed by atoms with Crippen LogP contribution in [0, 0.1) is 0 Å². The van der Waals surface area contributed by atoms with Crippen LogP contribution in [0.5, 0.6) is 0 Å². The Morgan fingerprint density at radius 1 is 1.25 bits per heavy atom. The average molecular weight is 270 g/mol. The number of nitrogens with zero attached hydrogens (tertiary/aromatic N) is 3. The van der Waals surface area contributed by atoms with Gasteiger partial charge in [0, 0.05) is 24.1 Å². The molecule has 2 aromatic rings. The smallest absolute Gasteiger partial charge is 0.0660 e. The number of aromatic nitrogens is 2. The van der Waals surface area contributed by atoms with Crippen molar-refractivity contribution in [2.45, 2.75) is 25.4 Å². The highest BCUT2D eigenvalue weighted by Crippen LogP contribution is 2.17. The van der Waals surface area contributed by atoms with Crippen molar-refractivity contribution in [3.8, 4) is 0 Å². The lowest BCUT2D eigenvalue weighted by molar-refractivity contribution is 0.264. The van der Waals surface area contributed by atoms with Crippen LogP contribution >= 0.6 is 0 Å². The summed E-state index contributed by atoms with van der Waals surface area (Å²) in [5.41, 5.74) is 2.51. The quantitative estimate of drug-likeness (QED) is 0.926. The highest BCUT2D eigenvalue weighted by Gasteiger charge is 2.16. The van der Waals surface area contributed by atoms with Gasteiger partial charge in [0.25, 0.3) is 0 Å². The molecular formula is C16H22N4. The molecule has 1 aliphatic heterocycles. The fourth-order valence-electron chi connectivity index (χ4n) is 2.73. The SMILES string of the molecule is CN1CCC(Nc2cccc(Cn3cccn3)c2)CC1. The Morgan fingerprint density at radius 3 is 2.85 bits per heavy atom. The topological polar surface area (TPSA) is 33.1 Å². The first kappa shape index (κ1) is 13.2. The van der Waals surface area contributed by atoms with E-state index in [1.807, 2.05) is 23.1 Å². The zero-order chi connectivity index (χ0) is 13.8. The van der Waals surface area contributed by atoms with Gasteiger partial charge in [0.05, 0.1) is 6.54 Å². The second-order valence-electron chi connectivity index (χ2n) is 5.63. The van der Waals surface area contributed by atoms with Crippen LogP contribution in [0.2, 0.25) is 0 Å². The van der Waals surface area contributed by atoms with Crippen molar-refractivity contribution in [2.75, 3.05) is 25.5 Å². The Balaban J connectivity index is 1.62. The third kappa shape index (κ3) is 3.39. The lowest BCUT2D eigenvalue weighted by Gasteiger charge is -2.30. The third-order valence-electron chi connectivity index (χ3n) is 3.92. The number of rotatable bonds is 4. The van der Waals surface area contributed by atoms with Gasteiger partial charge in [-0.2, -0.15) is 5.10 Å². The van der Waals surface area contributed by atoms with Crippen molar-refractivity contribution in [1.29, 1.82) is 0 Å². The van der Waals surface area contributed by atoms with Gasteiger partial charge in [0.15, 0.2) is 0 Å². The fourth-order valence-corrected chi connectivity index (χ4v) is 2.73. The second-order valence-corrected chi connectivity index (χ2v) is 5.63. The number of likely N-dealkylation sites (tertiary alicyclic amines) is 1. The highest BCUT2D eigenvalue weighted by molar-refractivity contribution is 5.46. The summed E-state index contributed by atoms with van der Waals surface area (Å²) < 4.78 is 1.95. The van der Waals surface area contributed by atoms with Gasteiger partial charge >= 0.3 is 0 Å². The van der Waals surface area contributed by atoms with Crippen LogP contribution in [0.3, 0.4) is 0 Å². The molecule has 20 heavy (non-hydrogen) atoms. The monoisotopic (exact) mass is 270 g/mol. The molecule has 0 saturated carbocycles. The maximum atomic E-state index is 4.26. The number of piperidine rings is 1. The Kier molecular flexibility index (Phi) is 4.02. The predicted molar refractivity (Wildman–Crippen MR) is 81.9 cm³/mol. The largest absolute Gasteiger partial charge is 0.382 e. The molecule has 2 heterocycles. The first-order valence-electron chi connectivity index (χ1n) is 7.31. The minimum absolute atomic E-state index is 0.603. The van der Waals surface area contributed by atoms with E-state index in [4.69, 9.17) is 0 Å². The number of nitrogens with one attached hydrogen (secondary N) is 1. The normalized spacial score (nSPS) is 17.2. The molecule has 1 aromatic carbocycles.